The fourth-order valence-electron chi connectivity index (χ4n) is 2.12. The first-order valence-corrected chi connectivity index (χ1v) is 5.91. The van der Waals surface area contributed by atoms with Crippen molar-refractivity contribution in [2.24, 2.45) is 0 Å². The number of pyridine rings is 1. The highest BCUT2D eigenvalue weighted by molar-refractivity contribution is 5.82. The van der Waals surface area contributed by atoms with Crippen molar-refractivity contribution in [2.75, 3.05) is 0 Å². The highest BCUT2D eigenvalue weighted by Gasteiger charge is 2.16. The van der Waals surface area contributed by atoms with Crippen LogP contribution in [0.4, 0.5) is 0 Å². The molecule has 0 saturated carbocycles. The molecule has 1 N–H and O–H groups in total. The number of rotatable bonds is 1. The van der Waals surface area contributed by atoms with Gasteiger partial charge < -0.3 is 4.98 Å². The second kappa shape index (κ2) is 3.62. The Bertz CT molecular complexity index is 515. The number of aromatic nitrogens is 2. The molecule has 0 aliphatic heterocycles. The van der Waals surface area contributed by atoms with Crippen molar-refractivity contribution >= 4 is 11.0 Å². The van der Waals surface area contributed by atoms with E-state index >= 15 is 0 Å². The monoisotopic (exact) mass is 216 g/mol. The van der Waals surface area contributed by atoms with Crippen molar-refractivity contribution < 1.29 is 0 Å². The average Bonchev–Trinajstić information content (AvgIpc) is 2.50. The van der Waals surface area contributed by atoms with E-state index in [-0.39, 0.29) is 5.41 Å². The zero-order chi connectivity index (χ0) is 11.9. The Labute approximate surface area is 97.1 Å². The SMILES string of the molecule is CCc1c(C)[nH]c2ncc(C(C)(C)C)cc12. The number of nitrogens with one attached hydrogen (secondary N) is 1. The van der Waals surface area contributed by atoms with Crippen LogP contribution in [0.25, 0.3) is 11.0 Å². The summed E-state index contributed by atoms with van der Waals surface area (Å²) in [5.74, 6) is 0. The summed E-state index contributed by atoms with van der Waals surface area (Å²) in [4.78, 5) is 7.87. The van der Waals surface area contributed by atoms with Gasteiger partial charge in [0.2, 0.25) is 0 Å². The van der Waals surface area contributed by atoms with E-state index in [1.807, 2.05) is 6.20 Å². The molecule has 2 nitrogen and oxygen atoms in total. The molecular formula is C14H20N2. The summed E-state index contributed by atoms with van der Waals surface area (Å²) in [5.41, 5.74) is 5.12. The lowest BCUT2D eigenvalue weighted by Gasteiger charge is -2.18. The summed E-state index contributed by atoms with van der Waals surface area (Å²) in [5, 5.41) is 1.28. The molecule has 0 fully saturated rings. The number of hydrogen-bond donors (Lipinski definition) is 1. The molecular weight excluding hydrogens is 196 g/mol. The van der Waals surface area contributed by atoms with Crippen LogP contribution in [-0.2, 0) is 11.8 Å². The summed E-state index contributed by atoms with van der Waals surface area (Å²) < 4.78 is 0. The molecule has 0 aliphatic carbocycles. The van der Waals surface area contributed by atoms with Crippen LogP contribution >= 0.6 is 0 Å². The summed E-state index contributed by atoms with van der Waals surface area (Å²) in [6.45, 7) is 11.0. The largest absolute Gasteiger partial charge is 0.343 e. The van der Waals surface area contributed by atoms with Crippen molar-refractivity contribution in [1.82, 2.24) is 9.97 Å². The lowest BCUT2D eigenvalue weighted by atomic mass is 9.87. The molecule has 2 rings (SSSR count). The molecule has 2 aromatic rings. The number of hydrogen-bond acceptors (Lipinski definition) is 1. The highest BCUT2D eigenvalue weighted by Crippen LogP contribution is 2.27. The van der Waals surface area contributed by atoms with Crippen LogP contribution in [0, 0.1) is 6.92 Å². The standard InChI is InChI=1S/C14H20N2/c1-6-11-9(2)16-13-12(11)7-10(8-15-13)14(3,4)5/h7-8H,6H2,1-5H3,(H,15,16). The van der Waals surface area contributed by atoms with E-state index in [4.69, 9.17) is 0 Å². The second-order valence-corrected chi connectivity index (χ2v) is 5.45. The van der Waals surface area contributed by atoms with Crippen LogP contribution in [-0.4, -0.2) is 9.97 Å². The first-order valence-electron chi connectivity index (χ1n) is 5.91. The molecule has 0 atom stereocenters. The number of aromatic amines is 1. The molecule has 2 heteroatoms. The number of nitrogens with zero attached hydrogens (tertiary/aromatic N) is 1. The van der Waals surface area contributed by atoms with Gasteiger partial charge in [0, 0.05) is 17.3 Å². The normalized spacial score (nSPS) is 12.3. The van der Waals surface area contributed by atoms with E-state index < -0.39 is 0 Å². The minimum absolute atomic E-state index is 0.164. The van der Waals surface area contributed by atoms with Crippen molar-refractivity contribution in [3.8, 4) is 0 Å². The van der Waals surface area contributed by atoms with Crippen LogP contribution < -0.4 is 0 Å². The molecule has 0 aliphatic rings. The third-order valence-corrected chi connectivity index (χ3v) is 3.19. The number of fused-ring (bicyclic) bond motifs is 1. The molecule has 0 bridgehead atoms. The van der Waals surface area contributed by atoms with Gasteiger partial charge in [0.15, 0.2) is 0 Å². The van der Waals surface area contributed by atoms with Crippen LogP contribution in [0.5, 0.6) is 0 Å². The lowest BCUT2D eigenvalue weighted by molar-refractivity contribution is 0.588. The first-order chi connectivity index (χ1) is 7.43. The number of aryl methyl sites for hydroxylation is 2. The fraction of sp³-hybridized carbons (Fsp3) is 0.500. The Morgan fingerprint density at radius 3 is 2.56 bits per heavy atom. The minimum Gasteiger partial charge on any atom is -0.343 e. The first kappa shape index (κ1) is 11.2. The molecule has 0 radical (unpaired) electrons. The molecule has 86 valence electrons. The van der Waals surface area contributed by atoms with Crippen molar-refractivity contribution in [3.05, 3.63) is 29.1 Å². The van der Waals surface area contributed by atoms with E-state index in [1.165, 1.54) is 22.2 Å². The van der Waals surface area contributed by atoms with E-state index in [0.717, 1.165) is 12.1 Å². The molecule has 0 unspecified atom stereocenters. The van der Waals surface area contributed by atoms with Crippen LogP contribution in [0.1, 0.15) is 44.5 Å². The third-order valence-electron chi connectivity index (χ3n) is 3.19. The topological polar surface area (TPSA) is 28.7 Å². The summed E-state index contributed by atoms with van der Waals surface area (Å²) in [7, 11) is 0. The Kier molecular flexibility index (Phi) is 2.53. The van der Waals surface area contributed by atoms with Gasteiger partial charge in [-0.2, -0.15) is 0 Å². The Morgan fingerprint density at radius 2 is 2.00 bits per heavy atom. The van der Waals surface area contributed by atoms with Crippen molar-refractivity contribution in [1.29, 1.82) is 0 Å². The Balaban J connectivity index is 2.69. The Hall–Kier alpha value is -1.31. The third kappa shape index (κ3) is 1.73. The maximum Gasteiger partial charge on any atom is 0.137 e. The maximum absolute atomic E-state index is 4.52. The molecule has 0 spiro atoms. The van der Waals surface area contributed by atoms with E-state index in [0.29, 0.717) is 0 Å². The molecule has 2 aromatic heterocycles. The second-order valence-electron chi connectivity index (χ2n) is 5.45. The van der Waals surface area contributed by atoms with Gasteiger partial charge >= 0.3 is 0 Å². The fourth-order valence-corrected chi connectivity index (χ4v) is 2.12. The summed E-state index contributed by atoms with van der Waals surface area (Å²) in [6, 6.07) is 2.28. The highest BCUT2D eigenvalue weighted by atomic mass is 14.9. The maximum atomic E-state index is 4.52. The summed E-state index contributed by atoms with van der Waals surface area (Å²) >= 11 is 0. The van der Waals surface area contributed by atoms with Gasteiger partial charge in [-0.1, -0.05) is 27.7 Å². The van der Waals surface area contributed by atoms with E-state index in [2.05, 4.69) is 50.7 Å². The smallest absolute Gasteiger partial charge is 0.137 e. The quantitative estimate of drug-likeness (QED) is 0.773. The van der Waals surface area contributed by atoms with Gasteiger partial charge in [0.1, 0.15) is 5.65 Å². The van der Waals surface area contributed by atoms with E-state index in [9.17, 15) is 0 Å². The molecule has 2 heterocycles. The lowest BCUT2D eigenvalue weighted by Crippen LogP contribution is -2.11. The van der Waals surface area contributed by atoms with Gasteiger partial charge in [-0.05, 0) is 36.0 Å². The average molecular weight is 216 g/mol. The number of H-pyrrole nitrogens is 1. The predicted molar refractivity (Wildman–Crippen MR) is 68.9 cm³/mol. The zero-order valence-electron chi connectivity index (χ0n) is 10.8. The summed E-state index contributed by atoms with van der Waals surface area (Å²) in [6.07, 6.45) is 3.04. The Morgan fingerprint density at radius 1 is 1.31 bits per heavy atom. The molecule has 0 amide bonds. The van der Waals surface area contributed by atoms with E-state index in [1.54, 1.807) is 0 Å². The van der Waals surface area contributed by atoms with Crippen LogP contribution in [0.2, 0.25) is 0 Å². The predicted octanol–water partition coefficient (Wildman–Crippen LogP) is 3.73. The minimum atomic E-state index is 0.164. The van der Waals surface area contributed by atoms with Crippen LogP contribution in [0.15, 0.2) is 12.3 Å². The van der Waals surface area contributed by atoms with Crippen LogP contribution in [0.3, 0.4) is 0 Å². The van der Waals surface area contributed by atoms with Gasteiger partial charge in [-0.25, -0.2) is 4.98 Å². The van der Waals surface area contributed by atoms with Gasteiger partial charge in [-0.15, -0.1) is 0 Å². The van der Waals surface area contributed by atoms with Gasteiger partial charge in [0.25, 0.3) is 0 Å². The van der Waals surface area contributed by atoms with Crippen molar-refractivity contribution in [3.63, 3.8) is 0 Å². The van der Waals surface area contributed by atoms with Crippen molar-refractivity contribution in [2.45, 2.75) is 46.5 Å². The molecule has 16 heavy (non-hydrogen) atoms. The van der Waals surface area contributed by atoms with Gasteiger partial charge in [-0.3, -0.25) is 0 Å². The molecule has 0 saturated heterocycles. The van der Waals surface area contributed by atoms with Gasteiger partial charge in [0.05, 0.1) is 0 Å². The zero-order valence-corrected chi connectivity index (χ0v) is 10.8. The molecule has 0 aromatic carbocycles.